The predicted octanol–water partition coefficient (Wildman–Crippen LogP) is 2.96. The summed E-state index contributed by atoms with van der Waals surface area (Å²) in [6.07, 6.45) is 1.59. The minimum absolute atomic E-state index is 0.0916. The molecule has 8 heteroatoms. The first kappa shape index (κ1) is 20.1. The Morgan fingerprint density at radius 2 is 2.06 bits per heavy atom. The molecule has 1 aliphatic rings. The second-order valence-corrected chi connectivity index (χ2v) is 8.22. The zero-order valence-corrected chi connectivity index (χ0v) is 18.2. The molecular weight excluding hydrogens is 404 g/mol. The second-order valence-electron chi connectivity index (χ2n) is 8.22. The van der Waals surface area contributed by atoms with Crippen LogP contribution >= 0.6 is 0 Å². The highest BCUT2D eigenvalue weighted by molar-refractivity contribution is 6.06. The van der Waals surface area contributed by atoms with Crippen LogP contribution in [0.3, 0.4) is 0 Å². The van der Waals surface area contributed by atoms with Crippen molar-refractivity contribution in [1.29, 1.82) is 0 Å². The van der Waals surface area contributed by atoms with Crippen molar-refractivity contribution in [2.75, 3.05) is 0 Å². The van der Waals surface area contributed by atoms with Crippen molar-refractivity contribution in [2.24, 2.45) is 0 Å². The van der Waals surface area contributed by atoms with Crippen LogP contribution in [0.5, 0.6) is 0 Å². The molecule has 0 aliphatic carbocycles. The molecule has 0 saturated carbocycles. The normalized spacial score (nSPS) is 15.2. The molecule has 0 spiro atoms. The molecule has 1 amide bonds. The second kappa shape index (κ2) is 7.72. The van der Waals surface area contributed by atoms with Gasteiger partial charge in [-0.05, 0) is 44.0 Å². The average Bonchev–Trinajstić information content (AvgIpc) is 3.20. The number of aromatic amines is 1. The molecule has 8 nitrogen and oxygen atoms in total. The maximum Gasteiger partial charge on any atom is 0.253 e. The Kier molecular flexibility index (Phi) is 4.86. The van der Waals surface area contributed by atoms with E-state index < -0.39 is 0 Å². The van der Waals surface area contributed by atoms with Crippen LogP contribution in [0.15, 0.2) is 47.4 Å². The highest BCUT2D eigenvalue weighted by atomic mass is 16.1. The van der Waals surface area contributed by atoms with E-state index in [1.807, 2.05) is 51.1 Å². The number of nitrogens with zero attached hydrogens (tertiary/aromatic N) is 3. The van der Waals surface area contributed by atoms with Crippen LogP contribution in [0, 0.1) is 13.8 Å². The van der Waals surface area contributed by atoms with Gasteiger partial charge in [-0.2, -0.15) is 5.10 Å². The van der Waals surface area contributed by atoms with Gasteiger partial charge in [-0.3, -0.25) is 14.9 Å². The molecule has 0 saturated heterocycles. The largest absolute Gasteiger partial charge is 0.348 e. The van der Waals surface area contributed by atoms with Gasteiger partial charge in [0.1, 0.15) is 6.17 Å². The summed E-state index contributed by atoms with van der Waals surface area (Å²) in [7, 11) is 0. The van der Waals surface area contributed by atoms with Gasteiger partial charge < -0.3 is 10.3 Å². The predicted molar refractivity (Wildman–Crippen MR) is 122 cm³/mol. The average molecular weight is 428 g/mol. The van der Waals surface area contributed by atoms with Crippen molar-refractivity contribution >= 4 is 16.9 Å². The maximum atomic E-state index is 13.3. The molecule has 4 aromatic rings. The van der Waals surface area contributed by atoms with E-state index in [1.54, 1.807) is 10.9 Å². The molecule has 32 heavy (non-hydrogen) atoms. The van der Waals surface area contributed by atoms with Crippen molar-refractivity contribution in [3.63, 3.8) is 0 Å². The van der Waals surface area contributed by atoms with Gasteiger partial charge in [0.15, 0.2) is 5.65 Å². The molecule has 162 valence electrons. The van der Waals surface area contributed by atoms with E-state index in [4.69, 9.17) is 4.98 Å². The Morgan fingerprint density at radius 1 is 1.25 bits per heavy atom. The Morgan fingerprint density at radius 3 is 2.88 bits per heavy atom. The van der Waals surface area contributed by atoms with Crippen molar-refractivity contribution in [3.05, 3.63) is 80.9 Å². The number of hydrogen-bond donors (Lipinski definition) is 3. The van der Waals surface area contributed by atoms with Crippen LogP contribution < -0.4 is 16.2 Å². The molecule has 0 fully saturated rings. The molecule has 4 heterocycles. The first-order valence-electron chi connectivity index (χ1n) is 10.6. The molecular formula is C24H24N6O2. The van der Waals surface area contributed by atoms with Crippen LogP contribution in [0.4, 0.5) is 0 Å². The highest BCUT2D eigenvalue weighted by Gasteiger charge is 2.22. The van der Waals surface area contributed by atoms with E-state index in [2.05, 4.69) is 26.8 Å². The van der Waals surface area contributed by atoms with Crippen molar-refractivity contribution in [3.8, 4) is 11.3 Å². The van der Waals surface area contributed by atoms with E-state index in [0.29, 0.717) is 28.7 Å². The fourth-order valence-corrected chi connectivity index (χ4v) is 4.26. The van der Waals surface area contributed by atoms with Gasteiger partial charge in [-0.1, -0.05) is 24.3 Å². The smallest absolute Gasteiger partial charge is 0.253 e. The summed E-state index contributed by atoms with van der Waals surface area (Å²) in [5.74, 6) is -0.269. The first-order valence-corrected chi connectivity index (χ1v) is 10.6. The quantitative estimate of drug-likeness (QED) is 0.465. The summed E-state index contributed by atoms with van der Waals surface area (Å²) in [5, 5.41) is 11.6. The molecule has 1 unspecified atom stereocenters. The topological polar surface area (TPSA) is 105 Å². The van der Waals surface area contributed by atoms with Gasteiger partial charge in [-0.25, -0.2) is 9.67 Å². The van der Waals surface area contributed by atoms with Crippen LogP contribution in [0.25, 0.3) is 22.3 Å². The number of fused-ring (bicyclic) bond motifs is 3. The third-order valence-electron chi connectivity index (χ3n) is 5.98. The number of pyridine rings is 2. The van der Waals surface area contributed by atoms with E-state index in [-0.39, 0.29) is 24.2 Å². The Balaban J connectivity index is 1.59. The molecule has 1 aliphatic heterocycles. The summed E-state index contributed by atoms with van der Waals surface area (Å²) in [6, 6.07) is 11.7. The van der Waals surface area contributed by atoms with E-state index in [9.17, 15) is 9.59 Å². The third kappa shape index (κ3) is 3.38. The number of carbonyl (C=O) groups excluding carboxylic acids is 1. The summed E-state index contributed by atoms with van der Waals surface area (Å²) in [6.45, 7) is 6.53. The summed E-state index contributed by atoms with van der Waals surface area (Å²) in [4.78, 5) is 33.3. The van der Waals surface area contributed by atoms with Crippen molar-refractivity contribution in [2.45, 2.75) is 40.0 Å². The molecule has 2 bridgehead atoms. The Bertz CT molecular complexity index is 1420. The first-order chi connectivity index (χ1) is 15.4. The van der Waals surface area contributed by atoms with Crippen molar-refractivity contribution in [1.82, 2.24) is 30.4 Å². The van der Waals surface area contributed by atoms with Gasteiger partial charge >= 0.3 is 0 Å². The fourth-order valence-electron chi connectivity index (χ4n) is 4.26. The van der Waals surface area contributed by atoms with Gasteiger partial charge in [-0.15, -0.1) is 0 Å². The van der Waals surface area contributed by atoms with Crippen LogP contribution in [-0.2, 0) is 13.1 Å². The molecule has 1 atom stereocenters. The van der Waals surface area contributed by atoms with Crippen molar-refractivity contribution < 1.29 is 4.79 Å². The van der Waals surface area contributed by atoms with Gasteiger partial charge in [0, 0.05) is 29.9 Å². The number of H-pyrrole nitrogens is 1. The Hall–Kier alpha value is -3.78. The zero-order chi connectivity index (χ0) is 22.4. The van der Waals surface area contributed by atoms with E-state index >= 15 is 0 Å². The monoisotopic (exact) mass is 428 g/mol. The lowest BCUT2D eigenvalue weighted by Gasteiger charge is -2.14. The summed E-state index contributed by atoms with van der Waals surface area (Å²) >= 11 is 0. The maximum absolute atomic E-state index is 13.3. The molecule has 3 aromatic heterocycles. The number of aryl methyl sites for hydroxylation is 2. The van der Waals surface area contributed by atoms with E-state index in [0.717, 1.165) is 28.1 Å². The molecule has 0 radical (unpaired) electrons. The number of benzene rings is 1. The number of hydrogen-bond acceptors (Lipinski definition) is 5. The van der Waals surface area contributed by atoms with Crippen LogP contribution in [0.1, 0.15) is 45.8 Å². The fraction of sp³-hybridized carbons (Fsp3) is 0.250. The molecule has 3 N–H and O–H groups in total. The standard InChI is InChI=1S/C24H24N6O2/c1-13-8-14(2)28-24(32)19(13)11-26-23(31)18-9-21-17-7-5-4-6-16(17)10-25-15(3)30-22(29-21)20(18)12-27-30/h4-9,12,15,25H,10-11H2,1-3H3,(H,26,31)(H,28,32). The van der Waals surface area contributed by atoms with Crippen LogP contribution in [-0.4, -0.2) is 25.7 Å². The Labute approximate surface area is 184 Å². The lowest BCUT2D eigenvalue weighted by atomic mass is 10.0. The minimum Gasteiger partial charge on any atom is -0.348 e. The highest BCUT2D eigenvalue weighted by Crippen LogP contribution is 2.29. The van der Waals surface area contributed by atoms with Crippen LogP contribution in [0.2, 0.25) is 0 Å². The third-order valence-corrected chi connectivity index (χ3v) is 5.98. The molecule has 5 rings (SSSR count). The number of rotatable bonds is 3. The lowest BCUT2D eigenvalue weighted by molar-refractivity contribution is 0.0952. The number of nitrogens with one attached hydrogen (secondary N) is 3. The minimum atomic E-state index is -0.269. The SMILES string of the molecule is Cc1cc(C)c(CNC(=O)c2cc3nc4c2cnn4C(C)NCc2ccccc2-3)c(=O)[nH]1. The lowest BCUT2D eigenvalue weighted by Crippen LogP contribution is -2.28. The summed E-state index contributed by atoms with van der Waals surface area (Å²) < 4.78 is 1.80. The number of aromatic nitrogens is 4. The van der Waals surface area contributed by atoms with Gasteiger partial charge in [0.2, 0.25) is 0 Å². The molecule has 1 aromatic carbocycles. The zero-order valence-electron chi connectivity index (χ0n) is 18.2. The summed E-state index contributed by atoms with van der Waals surface area (Å²) in [5.41, 5.74) is 5.94. The van der Waals surface area contributed by atoms with Gasteiger partial charge in [0.25, 0.3) is 11.5 Å². The van der Waals surface area contributed by atoms with E-state index in [1.165, 1.54) is 0 Å². The number of amides is 1. The van der Waals surface area contributed by atoms with Gasteiger partial charge in [0.05, 0.1) is 22.8 Å². The number of carbonyl (C=O) groups is 1.